The number of para-hydroxylation sites is 1. The normalized spacial score (nSPS) is 12.0. The van der Waals surface area contributed by atoms with Gasteiger partial charge in [-0.05, 0) is 43.9 Å². The van der Waals surface area contributed by atoms with Gasteiger partial charge in [0.1, 0.15) is 6.10 Å². The van der Waals surface area contributed by atoms with E-state index in [4.69, 9.17) is 4.74 Å². The zero-order chi connectivity index (χ0) is 19.2. The molecular weight excluding hydrogens is 364 g/mol. The topological polar surface area (TPSA) is 82.3 Å². The number of non-ortho nitro benzene ring substituents is 1. The molecule has 140 valence electrons. The molecule has 7 heteroatoms. The van der Waals surface area contributed by atoms with E-state index in [1.807, 2.05) is 18.2 Å². The Kier molecular flexibility index (Phi) is 6.13. The summed E-state index contributed by atoms with van der Waals surface area (Å²) in [5.74, 6) is -0.293. The van der Waals surface area contributed by atoms with E-state index in [-0.39, 0.29) is 11.7 Å². The van der Waals surface area contributed by atoms with Crippen LogP contribution in [0.25, 0.3) is 10.2 Å². The molecule has 1 heterocycles. The fourth-order valence-electron chi connectivity index (χ4n) is 2.79. The van der Waals surface area contributed by atoms with Crippen LogP contribution in [0.4, 0.5) is 5.69 Å². The summed E-state index contributed by atoms with van der Waals surface area (Å²) in [6.45, 7) is 1.72. The van der Waals surface area contributed by atoms with Crippen molar-refractivity contribution in [2.75, 3.05) is 0 Å². The summed E-state index contributed by atoms with van der Waals surface area (Å²) in [6, 6.07) is 14.2. The van der Waals surface area contributed by atoms with Gasteiger partial charge in [-0.2, -0.15) is 0 Å². The molecule has 6 nitrogen and oxygen atoms in total. The molecule has 0 saturated heterocycles. The van der Waals surface area contributed by atoms with Gasteiger partial charge in [0.05, 0.1) is 20.1 Å². The molecule has 0 N–H and O–H groups in total. The SMILES string of the molecule is C[C@H](OC(=O)CCCCc1nc2ccccc2s1)c1cccc([N+](=O)[O-])c1. The molecule has 0 fully saturated rings. The third-order valence-corrected chi connectivity index (χ3v) is 5.31. The van der Waals surface area contributed by atoms with Crippen LogP contribution in [0.1, 0.15) is 42.9 Å². The van der Waals surface area contributed by atoms with E-state index in [1.165, 1.54) is 16.8 Å². The summed E-state index contributed by atoms with van der Waals surface area (Å²) >= 11 is 1.69. The molecular formula is C20H20N2O4S. The van der Waals surface area contributed by atoms with Gasteiger partial charge in [0, 0.05) is 18.6 Å². The lowest BCUT2D eigenvalue weighted by Crippen LogP contribution is -2.09. The van der Waals surface area contributed by atoms with Crippen molar-refractivity contribution in [3.05, 3.63) is 69.2 Å². The van der Waals surface area contributed by atoms with E-state index >= 15 is 0 Å². The molecule has 0 aliphatic rings. The number of hydrogen-bond acceptors (Lipinski definition) is 6. The summed E-state index contributed by atoms with van der Waals surface area (Å²) in [6.07, 6.45) is 2.23. The molecule has 0 aliphatic carbocycles. The number of benzene rings is 2. The van der Waals surface area contributed by atoms with Crippen LogP contribution >= 0.6 is 11.3 Å². The lowest BCUT2D eigenvalue weighted by atomic mass is 10.1. The summed E-state index contributed by atoms with van der Waals surface area (Å²) in [5, 5.41) is 11.9. The number of rotatable bonds is 8. The van der Waals surface area contributed by atoms with Crippen LogP contribution in [0.3, 0.4) is 0 Å². The number of thiazole rings is 1. The van der Waals surface area contributed by atoms with Crippen molar-refractivity contribution in [3.8, 4) is 0 Å². The van der Waals surface area contributed by atoms with Crippen LogP contribution < -0.4 is 0 Å². The van der Waals surface area contributed by atoms with Crippen LogP contribution in [0.2, 0.25) is 0 Å². The predicted molar refractivity (Wildman–Crippen MR) is 105 cm³/mol. The minimum Gasteiger partial charge on any atom is -0.458 e. The van der Waals surface area contributed by atoms with Crippen molar-refractivity contribution >= 4 is 33.2 Å². The van der Waals surface area contributed by atoms with Gasteiger partial charge in [-0.15, -0.1) is 11.3 Å². The van der Waals surface area contributed by atoms with Gasteiger partial charge in [-0.25, -0.2) is 4.98 Å². The van der Waals surface area contributed by atoms with Gasteiger partial charge < -0.3 is 4.74 Å². The maximum absolute atomic E-state index is 12.0. The van der Waals surface area contributed by atoms with Crippen molar-refractivity contribution in [3.63, 3.8) is 0 Å². The fraction of sp³-hybridized carbons (Fsp3) is 0.300. The maximum atomic E-state index is 12.0. The highest BCUT2D eigenvalue weighted by atomic mass is 32.1. The highest BCUT2D eigenvalue weighted by Gasteiger charge is 2.15. The monoisotopic (exact) mass is 384 g/mol. The van der Waals surface area contributed by atoms with Crippen LogP contribution in [-0.2, 0) is 16.0 Å². The number of unbranched alkanes of at least 4 members (excludes halogenated alkanes) is 1. The lowest BCUT2D eigenvalue weighted by Gasteiger charge is -2.13. The Bertz CT molecular complexity index is 921. The number of nitro groups is 1. The lowest BCUT2D eigenvalue weighted by molar-refractivity contribution is -0.385. The van der Waals surface area contributed by atoms with Crippen molar-refractivity contribution in [1.29, 1.82) is 0 Å². The molecule has 0 aliphatic heterocycles. The first-order valence-corrected chi connectivity index (χ1v) is 9.63. The zero-order valence-corrected chi connectivity index (χ0v) is 15.8. The Labute approximate surface area is 161 Å². The second-order valence-electron chi connectivity index (χ2n) is 6.27. The predicted octanol–water partition coefficient (Wildman–Crippen LogP) is 5.22. The number of aryl methyl sites for hydroxylation is 1. The van der Waals surface area contributed by atoms with Gasteiger partial charge in [0.15, 0.2) is 0 Å². The molecule has 0 amide bonds. The molecule has 0 unspecified atom stereocenters. The van der Waals surface area contributed by atoms with Gasteiger partial charge in [0.2, 0.25) is 0 Å². The molecule has 0 radical (unpaired) electrons. The van der Waals surface area contributed by atoms with E-state index in [2.05, 4.69) is 11.1 Å². The van der Waals surface area contributed by atoms with Crippen molar-refractivity contribution in [2.24, 2.45) is 0 Å². The molecule has 1 aromatic heterocycles. The van der Waals surface area contributed by atoms with E-state index in [1.54, 1.807) is 30.4 Å². The average Bonchev–Trinajstić information content (AvgIpc) is 3.08. The first kappa shape index (κ1) is 19.0. The molecule has 2 aromatic carbocycles. The highest BCUT2D eigenvalue weighted by molar-refractivity contribution is 7.18. The van der Waals surface area contributed by atoms with Crippen LogP contribution in [0.5, 0.6) is 0 Å². The van der Waals surface area contributed by atoms with Crippen LogP contribution in [0.15, 0.2) is 48.5 Å². The number of carbonyl (C=O) groups is 1. The molecule has 27 heavy (non-hydrogen) atoms. The smallest absolute Gasteiger partial charge is 0.306 e. The van der Waals surface area contributed by atoms with Gasteiger partial charge in [-0.3, -0.25) is 14.9 Å². The number of ether oxygens (including phenoxy) is 1. The zero-order valence-electron chi connectivity index (χ0n) is 15.0. The first-order chi connectivity index (χ1) is 13.0. The number of aromatic nitrogens is 1. The molecule has 3 aromatic rings. The highest BCUT2D eigenvalue weighted by Crippen LogP contribution is 2.24. The number of carbonyl (C=O) groups excluding carboxylic acids is 1. The first-order valence-electron chi connectivity index (χ1n) is 8.81. The van der Waals surface area contributed by atoms with Gasteiger partial charge in [0.25, 0.3) is 5.69 Å². The van der Waals surface area contributed by atoms with Crippen molar-refractivity contribution < 1.29 is 14.5 Å². The number of fused-ring (bicyclic) bond motifs is 1. The minimum absolute atomic E-state index is 0.00812. The summed E-state index contributed by atoms with van der Waals surface area (Å²) in [7, 11) is 0. The number of nitrogens with zero attached hydrogens (tertiary/aromatic N) is 2. The minimum atomic E-state index is -0.512. The number of esters is 1. The Hall–Kier alpha value is -2.80. The molecule has 0 bridgehead atoms. The van der Waals surface area contributed by atoms with Gasteiger partial charge >= 0.3 is 5.97 Å². The maximum Gasteiger partial charge on any atom is 0.306 e. The van der Waals surface area contributed by atoms with E-state index in [9.17, 15) is 14.9 Å². The van der Waals surface area contributed by atoms with Crippen LogP contribution in [-0.4, -0.2) is 15.9 Å². The summed E-state index contributed by atoms with van der Waals surface area (Å²) in [5.41, 5.74) is 1.63. The van der Waals surface area contributed by atoms with Crippen LogP contribution in [0, 0.1) is 10.1 Å². The third-order valence-electron chi connectivity index (χ3n) is 4.22. The fourth-order valence-corrected chi connectivity index (χ4v) is 3.80. The number of hydrogen-bond donors (Lipinski definition) is 0. The van der Waals surface area contributed by atoms with E-state index < -0.39 is 11.0 Å². The van der Waals surface area contributed by atoms with E-state index in [0.29, 0.717) is 12.0 Å². The molecule has 0 spiro atoms. The molecule has 1 atom stereocenters. The molecule has 0 saturated carbocycles. The van der Waals surface area contributed by atoms with E-state index in [0.717, 1.165) is 29.8 Å². The third kappa shape index (κ3) is 5.10. The summed E-state index contributed by atoms with van der Waals surface area (Å²) in [4.78, 5) is 27.0. The Morgan fingerprint density at radius 1 is 1.22 bits per heavy atom. The second kappa shape index (κ2) is 8.73. The van der Waals surface area contributed by atoms with Crippen molar-refractivity contribution in [2.45, 2.75) is 38.7 Å². The Morgan fingerprint density at radius 2 is 2.04 bits per heavy atom. The summed E-state index contributed by atoms with van der Waals surface area (Å²) < 4.78 is 6.58. The standard InChI is InChI=1S/C20H20N2O4S/c1-14(15-7-6-8-16(13-15)22(24)25)26-20(23)12-5-4-11-19-21-17-9-2-3-10-18(17)27-19/h2-3,6-10,13-14H,4-5,11-12H2,1H3/t14-/m0/s1. The number of nitro benzene ring substituents is 1. The Balaban J connectivity index is 1.44. The average molecular weight is 384 g/mol. The van der Waals surface area contributed by atoms with Crippen molar-refractivity contribution in [1.82, 2.24) is 4.98 Å². The Morgan fingerprint density at radius 3 is 2.81 bits per heavy atom. The largest absolute Gasteiger partial charge is 0.458 e. The molecule has 3 rings (SSSR count). The van der Waals surface area contributed by atoms with Gasteiger partial charge in [-0.1, -0.05) is 24.3 Å². The second-order valence-corrected chi connectivity index (χ2v) is 7.38. The quantitative estimate of drug-likeness (QED) is 0.230.